The maximum atomic E-state index is 14.3. The van der Waals surface area contributed by atoms with Crippen LogP contribution < -0.4 is 5.32 Å². The van der Waals surface area contributed by atoms with Crippen LogP contribution in [0, 0.1) is 18.7 Å². The molecule has 2 fully saturated rings. The highest BCUT2D eigenvalue weighted by Gasteiger charge is 2.55. The summed E-state index contributed by atoms with van der Waals surface area (Å²) in [6.07, 6.45) is 6.63. The Morgan fingerprint density at radius 3 is 2.62 bits per heavy atom. The fraction of sp³-hybridized carbons (Fsp3) is 0.300. The van der Waals surface area contributed by atoms with E-state index in [0.29, 0.717) is 17.8 Å². The summed E-state index contributed by atoms with van der Waals surface area (Å²) in [7, 11) is 0. The highest BCUT2D eigenvalue weighted by Crippen LogP contribution is 2.48. The van der Waals surface area contributed by atoms with Crippen LogP contribution in [0.5, 0.6) is 0 Å². The second-order valence-corrected chi connectivity index (χ2v) is 10.9. The average Bonchev–Trinajstić information content (AvgIpc) is 3.44. The van der Waals surface area contributed by atoms with E-state index < -0.39 is 11.9 Å². The number of aromatic nitrogens is 3. The summed E-state index contributed by atoms with van der Waals surface area (Å²) in [4.78, 5) is 49.5. The third-order valence-corrected chi connectivity index (χ3v) is 8.15. The number of fused-ring (bicyclic) bond motifs is 2. The number of halogens is 2. The van der Waals surface area contributed by atoms with Crippen molar-refractivity contribution in [2.24, 2.45) is 5.92 Å². The van der Waals surface area contributed by atoms with Crippen LogP contribution in [0.2, 0.25) is 5.02 Å². The summed E-state index contributed by atoms with van der Waals surface area (Å²) in [6, 6.07) is 9.76. The molecule has 0 bridgehead atoms. The van der Waals surface area contributed by atoms with Crippen LogP contribution in [0.4, 0.5) is 4.39 Å². The lowest BCUT2D eigenvalue weighted by Crippen LogP contribution is -2.48. The minimum Gasteiger partial charge on any atom is -0.350 e. The zero-order chi connectivity index (χ0) is 28.1. The standard InChI is InChI=1S/C30H27ClFN5O3/c1-16(38)23-14-36(25-7-6-18(8-22(23)25)21-12-33-17(2)34-13-21)15-28(39)37-26-9-20(26)10-27(37)30(40)35-11-19-4-3-5-24(31)29(19)32/h3-8,12-14,20,26-27H,9-11,15H2,1-2H3,(H,35,40). The van der Waals surface area contributed by atoms with Crippen molar-refractivity contribution >= 4 is 40.1 Å². The molecule has 204 valence electrons. The fourth-order valence-corrected chi connectivity index (χ4v) is 5.89. The Bertz CT molecular complexity index is 1670. The number of carbonyl (C=O) groups excluding carboxylic acids is 3. The number of ketones is 1. The topological polar surface area (TPSA) is 97.2 Å². The molecule has 0 spiro atoms. The first-order valence-electron chi connectivity index (χ1n) is 13.2. The Labute approximate surface area is 235 Å². The molecule has 3 atom stereocenters. The first kappa shape index (κ1) is 26.1. The Balaban J connectivity index is 1.23. The number of likely N-dealkylation sites (tertiary alicyclic amines) is 1. The minimum atomic E-state index is -0.624. The predicted octanol–water partition coefficient (Wildman–Crippen LogP) is 4.71. The van der Waals surface area contributed by atoms with Crippen molar-refractivity contribution < 1.29 is 18.8 Å². The second-order valence-electron chi connectivity index (χ2n) is 10.5. The second kappa shape index (κ2) is 10.1. The van der Waals surface area contributed by atoms with E-state index in [1.807, 2.05) is 25.1 Å². The van der Waals surface area contributed by atoms with Gasteiger partial charge in [-0.05, 0) is 56.4 Å². The van der Waals surface area contributed by atoms with E-state index in [0.717, 1.165) is 28.5 Å². The molecule has 0 radical (unpaired) electrons. The Morgan fingerprint density at radius 2 is 1.88 bits per heavy atom. The number of amides is 2. The molecule has 2 aromatic heterocycles. The van der Waals surface area contributed by atoms with Gasteiger partial charge in [0, 0.05) is 58.8 Å². The summed E-state index contributed by atoms with van der Waals surface area (Å²) in [5.74, 6) is -0.222. The van der Waals surface area contributed by atoms with Crippen molar-refractivity contribution in [3.63, 3.8) is 0 Å². The predicted molar refractivity (Wildman–Crippen MR) is 148 cm³/mol. The SMILES string of the molecule is CC(=O)c1cn(CC(=O)N2C(C(=O)NCc3cccc(Cl)c3F)CC3CC32)c2ccc(-c3cnc(C)nc3)cc12. The normalized spacial score (nSPS) is 19.5. The molecule has 2 aromatic carbocycles. The summed E-state index contributed by atoms with van der Waals surface area (Å²) in [5, 5.41) is 3.51. The molecule has 2 amide bonds. The van der Waals surface area contributed by atoms with Crippen molar-refractivity contribution in [3.05, 3.63) is 82.8 Å². The van der Waals surface area contributed by atoms with Gasteiger partial charge in [0.1, 0.15) is 24.2 Å². The number of nitrogens with zero attached hydrogens (tertiary/aromatic N) is 4. The first-order chi connectivity index (χ1) is 19.2. The molecule has 6 rings (SSSR count). The number of rotatable bonds is 7. The highest BCUT2D eigenvalue weighted by atomic mass is 35.5. The molecule has 4 aromatic rings. The number of hydrogen-bond acceptors (Lipinski definition) is 5. The van der Waals surface area contributed by atoms with Crippen molar-refractivity contribution in [3.8, 4) is 11.1 Å². The monoisotopic (exact) mass is 559 g/mol. The lowest BCUT2D eigenvalue weighted by atomic mass is 10.0. The average molecular weight is 560 g/mol. The van der Waals surface area contributed by atoms with E-state index in [1.54, 1.807) is 40.2 Å². The summed E-state index contributed by atoms with van der Waals surface area (Å²) < 4.78 is 16.1. The van der Waals surface area contributed by atoms with Crippen LogP contribution in [0.3, 0.4) is 0 Å². The van der Waals surface area contributed by atoms with Gasteiger partial charge in [0.05, 0.1) is 5.02 Å². The number of hydrogen-bond donors (Lipinski definition) is 1. The van der Waals surface area contributed by atoms with Crippen LogP contribution in [0.1, 0.15) is 41.5 Å². The Morgan fingerprint density at radius 1 is 1.10 bits per heavy atom. The maximum Gasteiger partial charge on any atom is 0.243 e. The quantitative estimate of drug-likeness (QED) is 0.331. The van der Waals surface area contributed by atoms with E-state index >= 15 is 0 Å². The Hall–Kier alpha value is -4.11. The molecule has 3 unspecified atom stereocenters. The molecular weight excluding hydrogens is 533 g/mol. The molecule has 1 saturated carbocycles. The zero-order valence-corrected chi connectivity index (χ0v) is 22.8. The van der Waals surface area contributed by atoms with E-state index in [2.05, 4.69) is 15.3 Å². The number of Topliss-reactive ketones (excluding diaryl/α,β-unsaturated/α-hetero) is 1. The van der Waals surface area contributed by atoms with Gasteiger partial charge in [-0.3, -0.25) is 14.4 Å². The number of aryl methyl sites for hydroxylation is 1. The number of carbonyl (C=O) groups is 3. The number of nitrogens with one attached hydrogen (secondary N) is 1. The third-order valence-electron chi connectivity index (χ3n) is 7.86. The largest absolute Gasteiger partial charge is 0.350 e. The fourth-order valence-electron chi connectivity index (χ4n) is 5.69. The van der Waals surface area contributed by atoms with Gasteiger partial charge in [0.2, 0.25) is 11.8 Å². The Kier molecular flexibility index (Phi) is 6.62. The zero-order valence-electron chi connectivity index (χ0n) is 22.0. The van der Waals surface area contributed by atoms with E-state index in [1.165, 1.54) is 13.0 Å². The molecule has 1 saturated heterocycles. The molecule has 1 aliphatic heterocycles. The number of piperidine rings is 1. The van der Waals surface area contributed by atoms with Crippen LogP contribution >= 0.6 is 11.6 Å². The van der Waals surface area contributed by atoms with Gasteiger partial charge in [0.15, 0.2) is 5.78 Å². The van der Waals surface area contributed by atoms with Gasteiger partial charge in [-0.2, -0.15) is 0 Å². The summed E-state index contributed by atoms with van der Waals surface area (Å²) >= 11 is 5.86. The highest BCUT2D eigenvalue weighted by molar-refractivity contribution is 6.30. The molecule has 2 aliphatic rings. The van der Waals surface area contributed by atoms with Gasteiger partial charge in [-0.15, -0.1) is 0 Å². The molecule has 1 N–H and O–H groups in total. The van der Waals surface area contributed by atoms with Crippen molar-refractivity contribution in [2.75, 3.05) is 0 Å². The summed E-state index contributed by atoms with van der Waals surface area (Å²) in [5.41, 5.74) is 3.25. The third kappa shape index (κ3) is 4.75. The van der Waals surface area contributed by atoms with E-state index in [9.17, 15) is 18.8 Å². The maximum absolute atomic E-state index is 14.3. The molecule has 3 heterocycles. The van der Waals surface area contributed by atoms with Crippen LogP contribution in [-0.2, 0) is 22.7 Å². The van der Waals surface area contributed by atoms with Gasteiger partial charge >= 0.3 is 0 Å². The molecule has 8 nitrogen and oxygen atoms in total. The van der Waals surface area contributed by atoms with Crippen LogP contribution in [0.25, 0.3) is 22.0 Å². The first-order valence-corrected chi connectivity index (χ1v) is 13.5. The molecule has 40 heavy (non-hydrogen) atoms. The molecule has 1 aliphatic carbocycles. The van der Waals surface area contributed by atoms with Gasteiger partial charge in [0.25, 0.3) is 0 Å². The number of benzene rings is 2. The lowest BCUT2D eigenvalue weighted by Gasteiger charge is -2.27. The smallest absolute Gasteiger partial charge is 0.243 e. The van der Waals surface area contributed by atoms with Gasteiger partial charge < -0.3 is 14.8 Å². The van der Waals surface area contributed by atoms with Crippen molar-refractivity contribution in [1.82, 2.24) is 24.8 Å². The molecule has 10 heteroatoms. The lowest BCUT2D eigenvalue weighted by molar-refractivity contribution is -0.140. The molecular formula is C30H27ClFN5O3. The summed E-state index contributed by atoms with van der Waals surface area (Å²) in [6.45, 7) is 3.29. The minimum absolute atomic E-state index is 0.00568. The van der Waals surface area contributed by atoms with Crippen molar-refractivity contribution in [2.45, 2.75) is 51.9 Å². The van der Waals surface area contributed by atoms with E-state index in [-0.39, 0.29) is 53.2 Å². The van der Waals surface area contributed by atoms with Crippen LogP contribution in [-0.4, -0.2) is 49.1 Å². The van der Waals surface area contributed by atoms with Gasteiger partial charge in [-0.25, -0.2) is 14.4 Å². The van der Waals surface area contributed by atoms with Crippen molar-refractivity contribution in [1.29, 1.82) is 0 Å². The van der Waals surface area contributed by atoms with E-state index in [4.69, 9.17) is 11.6 Å². The van der Waals surface area contributed by atoms with Crippen LogP contribution in [0.15, 0.2) is 55.0 Å². The van der Waals surface area contributed by atoms with Gasteiger partial charge in [-0.1, -0.05) is 29.8 Å².